The number of nitrogens with zero attached hydrogens (tertiary/aromatic N) is 3. The van der Waals surface area contributed by atoms with Crippen LogP contribution in [0.4, 0.5) is 4.79 Å². The number of hydrogen-bond acceptors (Lipinski definition) is 3. The third-order valence-corrected chi connectivity index (χ3v) is 3.87. The molecule has 1 fully saturated rings. The summed E-state index contributed by atoms with van der Waals surface area (Å²) in [5, 5.41) is 7.15. The summed E-state index contributed by atoms with van der Waals surface area (Å²) in [6, 6.07) is -0.213. The fourth-order valence-corrected chi connectivity index (χ4v) is 2.81. The summed E-state index contributed by atoms with van der Waals surface area (Å²) in [5.74, 6) is -0.359. The molecule has 0 spiro atoms. The van der Waals surface area contributed by atoms with Gasteiger partial charge in [0.05, 0.1) is 5.69 Å². The Hall–Kier alpha value is -2.05. The average Bonchev–Trinajstić information content (AvgIpc) is 2.74. The van der Waals surface area contributed by atoms with Gasteiger partial charge in [-0.1, -0.05) is 0 Å². The van der Waals surface area contributed by atoms with Crippen molar-refractivity contribution in [1.82, 2.24) is 20.0 Å². The predicted molar refractivity (Wildman–Crippen MR) is 78.3 cm³/mol. The largest absolute Gasteiger partial charge is 0.370 e. The van der Waals surface area contributed by atoms with Gasteiger partial charge in [0.25, 0.3) is 0 Å². The maximum absolute atomic E-state index is 12.3. The lowest BCUT2D eigenvalue weighted by Gasteiger charge is -2.35. The Kier molecular flexibility index (Phi) is 4.82. The van der Waals surface area contributed by atoms with Gasteiger partial charge in [-0.3, -0.25) is 9.48 Å². The second-order valence-corrected chi connectivity index (χ2v) is 5.59. The van der Waals surface area contributed by atoms with E-state index in [2.05, 4.69) is 10.4 Å². The molecule has 1 atom stereocenters. The zero-order valence-corrected chi connectivity index (χ0v) is 12.6. The standard InChI is InChI=1S/C14H23N5O2/c1-10-11(9-18(2)17-10)8-16-14(21)19-6-4-3-5-12(19)7-13(15)20/h9,12H,3-8H2,1-2H3,(H2,15,20)(H,16,21)/t12-/m0/s1. The molecule has 1 aromatic rings. The van der Waals surface area contributed by atoms with Gasteiger partial charge < -0.3 is 16.0 Å². The molecule has 3 N–H and O–H groups in total. The highest BCUT2D eigenvalue weighted by Gasteiger charge is 2.27. The number of piperidine rings is 1. The van der Waals surface area contributed by atoms with Crippen LogP contribution in [0.5, 0.6) is 0 Å². The molecule has 0 radical (unpaired) electrons. The maximum atomic E-state index is 12.3. The van der Waals surface area contributed by atoms with E-state index >= 15 is 0 Å². The van der Waals surface area contributed by atoms with Crippen LogP contribution in [0.25, 0.3) is 0 Å². The monoisotopic (exact) mass is 293 g/mol. The van der Waals surface area contributed by atoms with E-state index in [9.17, 15) is 9.59 Å². The molecule has 0 saturated carbocycles. The van der Waals surface area contributed by atoms with Crippen molar-refractivity contribution in [3.05, 3.63) is 17.5 Å². The molecule has 3 amide bonds. The van der Waals surface area contributed by atoms with E-state index in [1.807, 2.05) is 20.2 Å². The van der Waals surface area contributed by atoms with Gasteiger partial charge in [0, 0.05) is 44.4 Å². The molecule has 116 valence electrons. The first-order chi connectivity index (χ1) is 9.97. The zero-order valence-electron chi connectivity index (χ0n) is 12.6. The van der Waals surface area contributed by atoms with Gasteiger partial charge in [-0.15, -0.1) is 0 Å². The van der Waals surface area contributed by atoms with Crippen LogP contribution in [0.15, 0.2) is 6.20 Å². The van der Waals surface area contributed by atoms with Crippen molar-refractivity contribution < 1.29 is 9.59 Å². The number of urea groups is 1. The van der Waals surface area contributed by atoms with Crippen molar-refractivity contribution in [2.45, 2.75) is 45.2 Å². The number of aryl methyl sites for hydroxylation is 2. The van der Waals surface area contributed by atoms with Crippen LogP contribution < -0.4 is 11.1 Å². The highest BCUT2D eigenvalue weighted by molar-refractivity contribution is 5.78. The predicted octanol–water partition coefficient (Wildman–Crippen LogP) is 0.668. The molecule has 1 aliphatic heterocycles. The molecule has 2 rings (SSSR count). The Morgan fingerprint density at radius 3 is 2.86 bits per heavy atom. The molecule has 1 saturated heterocycles. The molecule has 1 aliphatic rings. The lowest BCUT2D eigenvalue weighted by Crippen LogP contribution is -2.49. The Morgan fingerprint density at radius 1 is 1.48 bits per heavy atom. The van der Waals surface area contributed by atoms with Crippen LogP contribution >= 0.6 is 0 Å². The van der Waals surface area contributed by atoms with E-state index in [1.165, 1.54) is 0 Å². The summed E-state index contributed by atoms with van der Waals surface area (Å²) in [7, 11) is 1.85. The molecular formula is C14H23N5O2. The van der Waals surface area contributed by atoms with Gasteiger partial charge in [-0.2, -0.15) is 5.10 Å². The number of primary amides is 1. The minimum atomic E-state index is -0.359. The van der Waals surface area contributed by atoms with Crippen molar-refractivity contribution in [3.8, 4) is 0 Å². The molecule has 21 heavy (non-hydrogen) atoms. The smallest absolute Gasteiger partial charge is 0.317 e. The number of aromatic nitrogens is 2. The van der Waals surface area contributed by atoms with Gasteiger partial charge in [0.1, 0.15) is 0 Å². The lowest BCUT2D eigenvalue weighted by atomic mass is 9.99. The van der Waals surface area contributed by atoms with Gasteiger partial charge in [-0.05, 0) is 26.2 Å². The van der Waals surface area contributed by atoms with Gasteiger partial charge >= 0.3 is 6.03 Å². The fraction of sp³-hybridized carbons (Fsp3) is 0.643. The maximum Gasteiger partial charge on any atom is 0.317 e. The SMILES string of the molecule is Cc1nn(C)cc1CNC(=O)N1CCCC[C@H]1CC(N)=O. The topological polar surface area (TPSA) is 93.2 Å². The minimum absolute atomic E-state index is 0.0776. The van der Waals surface area contributed by atoms with Crippen LogP contribution in [0.3, 0.4) is 0 Å². The fourth-order valence-electron chi connectivity index (χ4n) is 2.81. The van der Waals surface area contributed by atoms with Crippen LogP contribution in [0, 0.1) is 6.92 Å². The third-order valence-electron chi connectivity index (χ3n) is 3.87. The summed E-state index contributed by atoms with van der Waals surface area (Å²) in [6.07, 6.45) is 4.96. The Labute approximate surface area is 124 Å². The highest BCUT2D eigenvalue weighted by atomic mass is 16.2. The Morgan fingerprint density at radius 2 is 2.24 bits per heavy atom. The van der Waals surface area contributed by atoms with Gasteiger partial charge in [-0.25, -0.2) is 4.79 Å². The quantitative estimate of drug-likeness (QED) is 0.854. The number of carbonyl (C=O) groups is 2. The molecule has 2 heterocycles. The van der Waals surface area contributed by atoms with E-state index < -0.39 is 0 Å². The normalized spacial score (nSPS) is 18.6. The van der Waals surface area contributed by atoms with Crippen molar-refractivity contribution in [1.29, 1.82) is 0 Å². The first-order valence-corrected chi connectivity index (χ1v) is 7.29. The van der Waals surface area contributed by atoms with Crippen molar-refractivity contribution in [2.75, 3.05) is 6.54 Å². The number of nitrogens with two attached hydrogens (primary N) is 1. The zero-order chi connectivity index (χ0) is 15.4. The van der Waals surface area contributed by atoms with E-state index in [1.54, 1.807) is 9.58 Å². The summed E-state index contributed by atoms with van der Waals surface area (Å²) < 4.78 is 1.73. The molecule has 0 aromatic carbocycles. The van der Waals surface area contributed by atoms with E-state index in [4.69, 9.17) is 5.73 Å². The molecule has 0 aliphatic carbocycles. The van der Waals surface area contributed by atoms with Crippen LogP contribution in [0.1, 0.15) is 36.9 Å². The Bertz CT molecular complexity index is 525. The van der Waals surface area contributed by atoms with E-state index in [0.29, 0.717) is 13.1 Å². The number of amides is 3. The highest BCUT2D eigenvalue weighted by Crippen LogP contribution is 2.19. The lowest BCUT2D eigenvalue weighted by molar-refractivity contribution is -0.119. The first-order valence-electron chi connectivity index (χ1n) is 7.29. The van der Waals surface area contributed by atoms with Crippen LogP contribution in [-0.2, 0) is 18.4 Å². The van der Waals surface area contributed by atoms with E-state index in [0.717, 1.165) is 30.5 Å². The number of carbonyl (C=O) groups excluding carboxylic acids is 2. The molecule has 0 unspecified atom stereocenters. The Balaban J connectivity index is 1.94. The number of nitrogens with one attached hydrogen (secondary N) is 1. The molecule has 7 heteroatoms. The summed E-state index contributed by atoms with van der Waals surface area (Å²) >= 11 is 0. The summed E-state index contributed by atoms with van der Waals surface area (Å²) in [6.45, 7) is 3.03. The second-order valence-electron chi connectivity index (χ2n) is 5.59. The van der Waals surface area contributed by atoms with Crippen LogP contribution in [-0.4, -0.2) is 39.2 Å². The summed E-state index contributed by atoms with van der Waals surface area (Å²) in [5.41, 5.74) is 7.17. The first kappa shape index (κ1) is 15.3. The van der Waals surface area contributed by atoms with Gasteiger partial charge in [0.2, 0.25) is 5.91 Å². The van der Waals surface area contributed by atoms with Crippen molar-refractivity contribution in [2.24, 2.45) is 12.8 Å². The number of rotatable bonds is 4. The molecule has 0 bridgehead atoms. The minimum Gasteiger partial charge on any atom is -0.370 e. The second kappa shape index (κ2) is 6.60. The summed E-state index contributed by atoms with van der Waals surface area (Å²) in [4.78, 5) is 25.2. The van der Waals surface area contributed by atoms with E-state index in [-0.39, 0.29) is 24.4 Å². The molecule has 7 nitrogen and oxygen atoms in total. The van der Waals surface area contributed by atoms with Crippen LogP contribution in [0.2, 0.25) is 0 Å². The van der Waals surface area contributed by atoms with Crippen molar-refractivity contribution >= 4 is 11.9 Å². The molecule has 1 aromatic heterocycles. The third kappa shape index (κ3) is 3.96. The molecular weight excluding hydrogens is 270 g/mol. The number of likely N-dealkylation sites (tertiary alicyclic amines) is 1. The number of hydrogen-bond donors (Lipinski definition) is 2. The average molecular weight is 293 g/mol. The van der Waals surface area contributed by atoms with Gasteiger partial charge in [0.15, 0.2) is 0 Å². The van der Waals surface area contributed by atoms with Crippen molar-refractivity contribution in [3.63, 3.8) is 0 Å².